The first kappa shape index (κ1) is 20.4. The van der Waals surface area contributed by atoms with Crippen molar-refractivity contribution in [3.8, 4) is 0 Å². The Kier molecular flexibility index (Phi) is 9.42. The molecule has 0 aliphatic heterocycles. The molecule has 22 heavy (non-hydrogen) atoms. The molecule has 0 radical (unpaired) electrons. The molecular formula is C16H21Cl2N3O. The highest BCUT2D eigenvalue weighted by Crippen LogP contribution is 2.13. The van der Waals surface area contributed by atoms with Gasteiger partial charge in [0.2, 0.25) is 0 Å². The second-order valence-corrected chi connectivity index (χ2v) is 4.57. The molecule has 0 aliphatic rings. The molecule has 2 N–H and O–H groups in total. The lowest BCUT2D eigenvalue weighted by Gasteiger charge is -2.09. The predicted molar refractivity (Wildman–Crippen MR) is 95.2 cm³/mol. The zero-order valence-corrected chi connectivity index (χ0v) is 14.3. The summed E-state index contributed by atoms with van der Waals surface area (Å²) in [7, 11) is 0. The highest BCUT2D eigenvalue weighted by atomic mass is 35.5. The van der Waals surface area contributed by atoms with Gasteiger partial charge in [0.25, 0.3) is 5.91 Å². The van der Waals surface area contributed by atoms with Crippen molar-refractivity contribution >= 4 is 36.4 Å². The Hall–Kier alpha value is -1.62. The number of halogens is 2. The van der Waals surface area contributed by atoms with Gasteiger partial charge in [-0.15, -0.1) is 24.8 Å². The zero-order chi connectivity index (χ0) is 14.4. The highest BCUT2D eigenvalue weighted by molar-refractivity contribution is 6.04. The minimum Gasteiger partial charge on any atom is -0.322 e. The van der Waals surface area contributed by atoms with Crippen molar-refractivity contribution in [2.45, 2.75) is 20.4 Å². The van der Waals surface area contributed by atoms with E-state index in [0.29, 0.717) is 5.56 Å². The van der Waals surface area contributed by atoms with Gasteiger partial charge in [-0.1, -0.05) is 19.1 Å². The molecule has 2 rings (SSSR count). The SMILES string of the molecule is CCNCc1cccc(NC(=O)c2cccnc2C)c1.Cl.Cl. The predicted octanol–water partition coefficient (Wildman–Crippen LogP) is 3.60. The lowest BCUT2D eigenvalue weighted by Crippen LogP contribution is -2.15. The summed E-state index contributed by atoms with van der Waals surface area (Å²) in [6.45, 7) is 5.62. The molecular weight excluding hydrogens is 321 g/mol. The third-order valence-electron chi connectivity index (χ3n) is 3.02. The van der Waals surface area contributed by atoms with Crippen LogP contribution in [0.1, 0.15) is 28.5 Å². The fourth-order valence-corrected chi connectivity index (χ4v) is 1.95. The molecule has 0 spiro atoms. The minimum atomic E-state index is -0.129. The third-order valence-corrected chi connectivity index (χ3v) is 3.02. The van der Waals surface area contributed by atoms with Gasteiger partial charge in [0.1, 0.15) is 0 Å². The molecule has 1 amide bonds. The van der Waals surface area contributed by atoms with Crippen LogP contribution in [0, 0.1) is 6.92 Å². The fraction of sp³-hybridized carbons (Fsp3) is 0.250. The van der Waals surface area contributed by atoms with Gasteiger partial charge < -0.3 is 10.6 Å². The lowest BCUT2D eigenvalue weighted by molar-refractivity contribution is 0.102. The van der Waals surface area contributed by atoms with E-state index in [2.05, 4.69) is 22.5 Å². The second kappa shape index (κ2) is 10.2. The van der Waals surface area contributed by atoms with Gasteiger partial charge in [-0.05, 0) is 43.3 Å². The van der Waals surface area contributed by atoms with Crippen LogP contribution >= 0.6 is 24.8 Å². The molecule has 0 saturated carbocycles. The van der Waals surface area contributed by atoms with Crippen LogP contribution in [0.5, 0.6) is 0 Å². The molecule has 1 aromatic carbocycles. The standard InChI is InChI=1S/C16H19N3O.2ClH/c1-3-17-11-13-6-4-7-14(10-13)19-16(20)15-8-5-9-18-12(15)2;;/h4-10,17H,3,11H2,1-2H3,(H,19,20);2*1H. The van der Waals surface area contributed by atoms with Crippen LogP contribution in [0.3, 0.4) is 0 Å². The van der Waals surface area contributed by atoms with E-state index in [1.807, 2.05) is 31.2 Å². The smallest absolute Gasteiger partial charge is 0.257 e. The highest BCUT2D eigenvalue weighted by Gasteiger charge is 2.09. The molecule has 4 nitrogen and oxygen atoms in total. The number of rotatable bonds is 5. The van der Waals surface area contributed by atoms with Gasteiger partial charge in [0.15, 0.2) is 0 Å². The van der Waals surface area contributed by atoms with E-state index < -0.39 is 0 Å². The number of nitrogens with one attached hydrogen (secondary N) is 2. The van der Waals surface area contributed by atoms with Gasteiger partial charge in [-0.3, -0.25) is 9.78 Å². The van der Waals surface area contributed by atoms with Crippen molar-refractivity contribution in [3.63, 3.8) is 0 Å². The molecule has 0 saturated heterocycles. The van der Waals surface area contributed by atoms with Crippen LogP contribution in [0.25, 0.3) is 0 Å². The second-order valence-electron chi connectivity index (χ2n) is 4.57. The first-order chi connectivity index (χ1) is 9.70. The number of carbonyl (C=O) groups excluding carboxylic acids is 1. The summed E-state index contributed by atoms with van der Waals surface area (Å²) in [4.78, 5) is 16.3. The number of anilines is 1. The number of hydrogen-bond donors (Lipinski definition) is 2. The van der Waals surface area contributed by atoms with Crippen LogP contribution in [0.15, 0.2) is 42.6 Å². The summed E-state index contributed by atoms with van der Waals surface area (Å²) in [6.07, 6.45) is 1.68. The molecule has 1 heterocycles. The van der Waals surface area contributed by atoms with Crippen LogP contribution in [-0.4, -0.2) is 17.4 Å². The Morgan fingerprint density at radius 3 is 2.64 bits per heavy atom. The summed E-state index contributed by atoms with van der Waals surface area (Å²) in [6, 6.07) is 11.4. The van der Waals surface area contributed by atoms with Crippen molar-refractivity contribution in [1.82, 2.24) is 10.3 Å². The maximum Gasteiger partial charge on any atom is 0.257 e. The average molecular weight is 342 g/mol. The maximum atomic E-state index is 12.2. The molecule has 0 fully saturated rings. The largest absolute Gasteiger partial charge is 0.322 e. The van der Waals surface area contributed by atoms with E-state index >= 15 is 0 Å². The first-order valence-electron chi connectivity index (χ1n) is 6.73. The number of carbonyl (C=O) groups is 1. The number of nitrogens with zero attached hydrogens (tertiary/aromatic N) is 1. The number of hydrogen-bond acceptors (Lipinski definition) is 3. The monoisotopic (exact) mass is 341 g/mol. The van der Waals surface area contributed by atoms with E-state index in [1.165, 1.54) is 0 Å². The Bertz CT molecular complexity index is 605. The number of aromatic nitrogens is 1. The molecule has 6 heteroatoms. The topological polar surface area (TPSA) is 54.0 Å². The Morgan fingerprint density at radius 2 is 1.95 bits per heavy atom. The van der Waals surface area contributed by atoms with Crippen LogP contribution in [0.4, 0.5) is 5.69 Å². The molecule has 2 aromatic rings. The number of aryl methyl sites for hydroxylation is 1. The van der Waals surface area contributed by atoms with E-state index in [-0.39, 0.29) is 30.7 Å². The maximum absolute atomic E-state index is 12.2. The summed E-state index contributed by atoms with van der Waals surface area (Å²) >= 11 is 0. The van der Waals surface area contributed by atoms with Crippen LogP contribution < -0.4 is 10.6 Å². The average Bonchev–Trinajstić information content (AvgIpc) is 2.46. The van der Waals surface area contributed by atoms with Gasteiger partial charge in [0.05, 0.1) is 5.56 Å². The van der Waals surface area contributed by atoms with E-state index in [0.717, 1.165) is 30.0 Å². The quantitative estimate of drug-likeness (QED) is 0.873. The summed E-state index contributed by atoms with van der Waals surface area (Å²) in [5.74, 6) is -0.129. The van der Waals surface area contributed by atoms with Crippen LogP contribution in [0.2, 0.25) is 0 Å². The number of amides is 1. The van der Waals surface area contributed by atoms with E-state index in [9.17, 15) is 4.79 Å². The van der Waals surface area contributed by atoms with E-state index in [1.54, 1.807) is 18.3 Å². The number of pyridine rings is 1. The number of benzene rings is 1. The van der Waals surface area contributed by atoms with Crippen LogP contribution in [-0.2, 0) is 6.54 Å². The van der Waals surface area contributed by atoms with Crippen molar-refractivity contribution in [3.05, 3.63) is 59.4 Å². The first-order valence-corrected chi connectivity index (χ1v) is 6.73. The molecule has 0 unspecified atom stereocenters. The Balaban J connectivity index is 0.00000220. The molecule has 0 aliphatic carbocycles. The van der Waals surface area contributed by atoms with Crippen molar-refractivity contribution in [2.24, 2.45) is 0 Å². The summed E-state index contributed by atoms with van der Waals surface area (Å²) in [5, 5.41) is 6.17. The Labute approximate surface area is 143 Å². The normalized spacial score (nSPS) is 9.36. The van der Waals surface area contributed by atoms with Crippen molar-refractivity contribution in [2.75, 3.05) is 11.9 Å². The molecule has 120 valence electrons. The summed E-state index contributed by atoms with van der Waals surface area (Å²) in [5.41, 5.74) is 3.28. The van der Waals surface area contributed by atoms with Gasteiger partial charge in [-0.25, -0.2) is 0 Å². The fourth-order valence-electron chi connectivity index (χ4n) is 1.95. The zero-order valence-electron chi connectivity index (χ0n) is 12.6. The van der Waals surface area contributed by atoms with Gasteiger partial charge in [-0.2, -0.15) is 0 Å². The van der Waals surface area contributed by atoms with Crippen molar-refractivity contribution < 1.29 is 4.79 Å². The van der Waals surface area contributed by atoms with Crippen molar-refractivity contribution in [1.29, 1.82) is 0 Å². The minimum absolute atomic E-state index is 0. The Morgan fingerprint density at radius 1 is 1.18 bits per heavy atom. The molecule has 1 aromatic heterocycles. The summed E-state index contributed by atoms with van der Waals surface area (Å²) < 4.78 is 0. The van der Waals surface area contributed by atoms with Gasteiger partial charge >= 0.3 is 0 Å². The van der Waals surface area contributed by atoms with E-state index in [4.69, 9.17) is 0 Å². The van der Waals surface area contributed by atoms with Gasteiger partial charge in [0, 0.05) is 24.1 Å². The molecule has 0 bridgehead atoms. The third kappa shape index (κ3) is 5.64. The lowest BCUT2D eigenvalue weighted by atomic mass is 10.1. The molecule has 0 atom stereocenters.